The Kier molecular flexibility index (Phi) is 5.59. The molecule has 2 rings (SSSR count). The monoisotopic (exact) mass is 361 g/mol. The first-order valence-electron chi connectivity index (χ1n) is 7.96. The summed E-state index contributed by atoms with van der Waals surface area (Å²) in [6, 6.07) is 3.70. The lowest BCUT2D eigenvalue weighted by atomic mass is 10.0. The summed E-state index contributed by atoms with van der Waals surface area (Å²) in [5.74, 6) is -2.17. The van der Waals surface area contributed by atoms with Crippen molar-refractivity contribution in [2.45, 2.75) is 33.8 Å². The van der Waals surface area contributed by atoms with Crippen LogP contribution in [0.2, 0.25) is 0 Å². The summed E-state index contributed by atoms with van der Waals surface area (Å²) >= 11 is 0. The lowest BCUT2D eigenvalue weighted by Crippen LogP contribution is -2.25. The Morgan fingerprint density at radius 1 is 1.19 bits per heavy atom. The lowest BCUT2D eigenvalue weighted by molar-refractivity contribution is 0.0312. The highest BCUT2D eigenvalue weighted by Crippen LogP contribution is 2.22. The number of rotatable bonds is 6. The molecule has 0 saturated heterocycles. The molecule has 138 valence electrons. The molecule has 2 aromatic rings. The molecule has 0 aliphatic rings. The zero-order valence-corrected chi connectivity index (χ0v) is 15.2. The fourth-order valence-corrected chi connectivity index (χ4v) is 2.79. The molecule has 0 radical (unpaired) electrons. The summed E-state index contributed by atoms with van der Waals surface area (Å²) in [7, 11) is 1.38. The Bertz CT molecular complexity index is 884. The summed E-state index contributed by atoms with van der Waals surface area (Å²) in [5.41, 5.74) is 1.40. The van der Waals surface area contributed by atoms with Gasteiger partial charge in [0.2, 0.25) is 5.78 Å². The smallest absolute Gasteiger partial charge is 0.341 e. The maximum Gasteiger partial charge on any atom is 0.341 e. The zero-order chi connectivity index (χ0) is 19.6. The number of ether oxygens (including phenoxy) is 2. The third kappa shape index (κ3) is 3.66. The first kappa shape index (κ1) is 19.4. The van der Waals surface area contributed by atoms with Gasteiger partial charge in [-0.05, 0) is 45.4 Å². The number of hydrogen-bond acceptors (Lipinski definition) is 5. The Morgan fingerprint density at radius 3 is 2.35 bits per heavy atom. The van der Waals surface area contributed by atoms with E-state index in [-0.39, 0.29) is 22.8 Å². The molecule has 0 unspecified atom stereocenters. The average Bonchev–Trinajstić information content (AvgIpc) is 2.88. The van der Waals surface area contributed by atoms with Crippen molar-refractivity contribution >= 4 is 17.5 Å². The standard InChI is InChI=1S/C19H20FNO5/c1-9-16(11(3)22)10(2)21-17(9)18(23)12(4)26-19(24)14-7-6-13(25-5)8-15(14)20/h6-8,12,21H,1-5H3/t12-/m0/s1. The molecule has 1 aromatic carbocycles. The second-order valence-corrected chi connectivity index (χ2v) is 5.94. The van der Waals surface area contributed by atoms with Crippen molar-refractivity contribution in [3.05, 3.63) is 52.1 Å². The van der Waals surface area contributed by atoms with E-state index in [1.54, 1.807) is 13.8 Å². The number of esters is 1. The Labute approximate surface area is 150 Å². The lowest BCUT2D eigenvalue weighted by Gasteiger charge is -2.13. The van der Waals surface area contributed by atoms with E-state index in [1.807, 2.05) is 0 Å². The normalized spacial score (nSPS) is 11.8. The molecule has 0 bridgehead atoms. The number of aromatic nitrogens is 1. The molecule has 7 heteroatoms. The number of Topliss-reactive ketones (excluding diaryl/α,β-unsaturated/α-hetero) is 2. The van der Waals surface area contributed by atoms with Gasteiger partial charge in [-0.25, -0.2) is 9.18 Å². The predicted octanol–water partition coefficient (Wildman–Crippen LogP) is 3.41. The molecule has 0 amide bonds. The molecule has 1 atom stereocenters. The number of carbonyl (C=O) groups is 3. The van der Waals surface area contributed by atoms with Gasteiger partial charge in [-0.15, -0.1) is 0 Å². The van der Waals surface area contributed by atoms with Gasteiger partial charge < -0.3 is 14.5 Å². The van der Waals surface area contributed by atoms with Crippen molar-refractivity contribution in [2.75, 3.05) is 7.11 Å². The van der Waals surface area contributed by atoms with Crippen molar-refractivity contribution in [2.24, 2.45) is 0 Å². The fourth-order valence-electron chi connectivity index (χ4n) is 2.79. The molecular weight excluding hydrogens is 341 g/mol. The minimum absolute atomic E-state index is 0.166. The second kappa shape index (κ2) is 7.51. The van der Waals surface area contributed by atoms with Gasteiger partial charge in [-0.3, -0.25) is 9.59 Å². The van der Waals surface area contributed by atoms with Gasteiger partial charge in [0.05, 0.1) is 18.4 Å². The molecule has 1 N–H and O–H groups in total. The molecule has 0 fully saturated rings. The SMILES string of the molecule is COc1ccc(C(=O)O[C@@H](C)C(=O)c2[nH]c(C)c(C(C)=O)c2C)c(F)c1. The number of ketones is 2. The van der Waals surface area contributed by atoms with Crippen molar-refractivity contribution in [3.63, 3.8) is 0 Å². The van der Waals surface area contributed by atoms with Crippen LogP contribution in [0.25, 0.3) is 0 Å². The van der Waals surface area contributed by atoms with E-state index in [4.69, 9.17) is 9.47 Å². The number of H-pyrrole nitrogens is 1. The summed E-state index contributed by atoms with van der Waals surface area (Å²) in [5, 5.41) is 0. The van der Waals surface area contributed by atoms with E-state index in [0.717, 1.165) is 6.07 Å². The highest BCUT2D eigenvalue weighted by molar-refractivity contribution is 6.05. The van der Waals surface area contributed by atoms with E-state index >= 15 is 0 Å². The van der Waals surface area contributed by atoms with Crippen molar-refractivity contribution in [1.82, 2.24) is 4.98 Å². The third-order valence-electron chi connectivity index (χ3n) is 4.09. The number of aromatic amines is 1. The van der Waals surface area contributed by atoms with E-state index in [0.29, 0.717) is 16.8 Å². The molecule has 1 aromatic heterocycles. The minimum atomic E-state index is -1.15. The number of methoxy groups -OCH3 is 1. The molecule has 0 spiro atoms. The summed E-state index contributed by atoms with van der Waals surface area (Å²) in [4.78, 5) is 39.3. The van der Waals surface area contributed by atoms with Crippen LogP contribution in [0.5, 0.6) is 5.75 Å². The summed E-state index contributed by atoms with van der Waals surface area (Å²) in [6.45, 7) is 6.13. The van der Waals surface area contributed by atoms with Crippen molar-refractivity contribution in [1.29, 1.82) is 0 Å². The second-order valence-electron chi connectivity index (χ2n) is 5.94. The van der Waals surface area contributed by atoms with E-state index in [9.17, 15) is 18.8 Å². The maximum absolute atomic E-state index is 14.0. The van der Waals surface area contributed by atoms with Gasteiger partial charge in [0.15, 0.2) is 11.9 Å². The molecule has 0 aliphatic heterocycles. The largest absolute Gasteiger partial charge is 0.497 e. The van der Waals surface area contributed by atoms with Crippen LogP contribution in [0.3, 0.4) is 0 Å². The quantitative estimate of drug-likeness (QED) is 0.629. The fraction of sp³-hybridized carbons (Fsp3) is 0.316. The number of aryl methyl sites for hydroxylation is 1. The number of carbonyl (C=O) groups excluding carboxylic acids is 3. The van der Waals surface area contributed by atoms with Gasteiger partial charge in [0.25, 0.3) is 0 Å². The molecular formula is C19H20FNO5. The average molecular weight is 361 g/mol. The van der Waals surface area contributed by atoms with Crippen LogP contribution in [0.1, 0.15) is 56.3 Å². The topological polar surface area (TPSA) is 85.5 Å². The minimum Gasteiger partial charge on any atom is -0.497 e. The highest BCUT2D eigenvalue weighted by Gasteiger charge is 2.27. The summed E-state index contributed by atoms with van der Waals surface area (Å²) < 4.78 is 23.9. The Hall–Kier alpha value is -2.96. The van der Waals surface area contributed by atoms with Crippen LogP contribution in [0.4, 0.5) is 4.39 Å². The number of benzene rings is 1. The Morgan fingerprint density at radius 2 is 1.85 bits per heavy atom. The third-order valence-corrected chi connectivity index (χ3v) is 4.09. The first-order chi connectivity index (χ1) is 12.2. The predicted molar refractivity (Wildman–Crippen MR) is 92.4 cm³/mol. The van der Waals surface area contributed by atoms with Gasteiger partial charge >= 0.3 is 5.97 Å². The molecule has 26 heavy (non-hydrogen) atoms. The van der Waals surface area contributed by atoms with E-state index < -0.39 is 23.7 Å². The van der Waals surface area contributed by atoms with Crippen LogP contribution in [0.15, 0.2) is 18.2 Å². The zero-order valence-electron chi connectivity index (χ0n) is 15.2. The van der Waals surface area contributed by atoms with E-state index in [1.165, 1.54) is 33.1 Å². The van der Waals surface area contributed by atoms with Gasteiger partial charge in [-0.2, -0.15) is 0 Å². The Balaban J connectivity index is 2.21. The van der Waals surface area contributed by atoms with Crippen LogP contribution >= 0.6 is 0 Å². The van der Waals surface area contributed by atoms with Crippen molar-refractivity contribution in [3.8, 4) is 5.75 Å². The van der Waals surface area contributed by atoms with E-state index in [2.05, 4.69) is 4.98 Å². The van der Waals surface area contributed by atoms with Crippen molar-refractivity contribution < 1.29 is 28.2 Å². The summed E-state index contributed by atoms with van der Waals surface area (Å²) in [6.07, 6.45) is -1.15. The van der Waals surface area contributed by atoms with Crippen LogP contribution in [0, 0.1) is 19.7 Å². The van der Waals surface area contributed by atoms with Gasteiger partial charge in [0, 0.05) is 17.3 Å². The maximum atomic E-state index is 14.0. The molecule has 6 nitrogen and oxygen atoms in total. The highest BCUT2D eigenvalue weighted by atomic mass is 19.1. The number of halogens is 1. The molecule has 1 heterocycles. The van der Waals surface area contributed by atoms with Crippen LogP contribution in [-0.4, -0.2) is 35.7 Å². The van der Waals surface area contributed by atoms with Crippen LogP contribution in [-0.2, 0) is 4.74 Å². The van der Waals surface area contributed by atoms with Crippen LogP contribution < -0.4 is 4.74 Å². The molecule has 0 aliphatic carbocycles. The number of hydrogen-bond donors (Lipinski definition) is 1. The van der Waals surface area contributed by atoms with Gasteiger partial charge in [0.1, 0.15) is 11.6 Å². The number of nitrogens with one attached hydrogen (secondary N) is 1. The first-order valence-corrected chi connectivity index (χ1v) is 7.96. The molecule has 0 saturated carbocycles. The van der Waals surface area contributed by atoms with Gasteiger partial charge in [-0.1, -0.05) is 0 Å².